The van der Waals surface area contributed by atoms with Crippen molar-refractivity contribution in [2.24, 2.45) is 0 Å². The Morgan fingerprint density at radius 2 is 1.71 bits per heavy atom. The highest BCUT2D eigenvalue weighted by Crippen LogP contribution is 2.31. The molecule has 2 saturated heterocycles. The minimum absolute atomic E-state index is 0.142. The number of carbonyl (C=O) groups excluding carboxylic acids is 2. The van der Waals surface area contributed by atoms with Gasteiger partial charge in [0.25, 0.3) is 0 Å². The Morgan fingerprint density at radius 3 is 2.40 bits per heavy atom. The van der Waals surface area contributed by atoms with E-state index in [-0.39, 0.29) is 29.3 Å². The van der Waals surface area contributed by atoms with E-state index in [2.05, 4.69) is 5.32 Å². The molecule has 0 unspecified atom stereocenters. The Kier molecular flexibility index (Phi) is 7.47. The number of benzene rings is 2. The molecule has 9 heteroatoms. The monoisotopic (exact) mass is 499 g/mol. The number of rotatable bonds is 7. The second-order valence-corrected chi connectivity index (χ2v) is 11.1. The van der Waals surface area contributed by atoms with Gasteiger partial charge in [-0.15, -0.1) is 0 Å². The van der Waals surface area contributed by atoms with Gasteiger partial charge in [-0.05, 0) is 68.9 Å². The Bertz CT molecular complexity index is 1180. The minimum Gasteiger partial charge on any atom is -0.496 e. The summed E-state index contributed by atoms with van der Waals surface area (Å²) in [5.41, 5.74) is 1.69. The van der Waals surface area contributed by atoms with Crippen molar-refractivity contribution >= 4 is 21.8 Å². The molecule has 0 aliphatic carbocycles. The van der Waals surface area contributed by atoms with Gasteiger partial charge in [0.05, 0.1) is 18.0 Å². The number of amides is 2. The van der Waals surface area contributed by atoms with Gasteiger partial charge in [-0.3, -0.25) is 9.59 Å². The smallest absolute Gasteiger partial charge is 0.243 e. The molecule has 2 fully saturated rings. The Labute approximate surface area is 207 Å². The predicted molar refractivity (Wildman–Crippen MR) is 132 cm³/mol. The largest absolute Gasteiger partial charge is 0.496 e. The maximum atomic E-state index is 13.6. The lowest BCUT2D eigenvalue weighted by molar-refractivity contribution is -0.141. The van der Waals surface area contributed by atoms with E-state index in [4.69, 9.17) is 4.74 Å². The SMILES string of the molecule is COc1ccc(S(=O)(=O)N2CCC[C@H]2C(=O)N2CCC[C@H]2C(=O)N[C@H](C)c2ccccc2)cc1C. The van der Waals surface area contributed by atoms with Gasteiger partial charge in [-0.1, -0.05) is 30.3 Å². The van der Waals surface area contributed by atoms with Crippen molar-refractivity contribution in [3.05, 3.63) is 59.7 Å². The topological polar surface area (TPSA) is 96.0 Å². The summed E-state index contributed by atoms with van der Waals surface area (Å²) >= 11 is 0. The highest BCUT2D eigenvalue weighted by atomic mass is 32.2. The van der Waals surface area contributed by atoms with Crippen molar-refractivity contribution in [1.29, 1.82) is 0 Å². The first-order chi connectivity index (χ1) is 16.7. The van der Waals surface area contributed by atoms with Gasteiger partial charge in [0.1, 0.15) is 17.8 Å². The summed E-state index contributed by atoms with van der Waals surface area (Å²) in [4.78, 5) is 28.4. The Hall–Kier alpha value is -2.91. The van der Waals surface area contributed by atoms with Crippen LogP contribution >= 0.6 is 0 Å². The van der Waals surface area contributed by atoms with Gasteiger partial charge in [0.2, 0.25) is 21.8 Å². The van der Waals surface area contributed by atoms with Crippen LogP contribution in [0.2, 0.25) is 0 Å². The lowest BCUT2D eigenvalue weighted by atomic mass is 10.1. The summed E-state index contributed by atoms with van der Waals surface area (Å²) in [6.07, 6.45) is 2.32. The first-order valence-electron chi connectivity index (χ1n) is 12.1. The third-order valence-corrected chi connectivity index (χ3v) is 8.86. The highest BCUT2D eigenvalue weighted by Gasteiger charge is 2.45. The average molecular weight is 500 g/mol. The molecule has 0 aromatic heterocycles. The molecule has 3 atom stereocenters. The van der Waals surface area contributed by atoms with Crippen LogP contribution in [0.3, 0.4) is 0 Å². The summed E-state index contributed by atoms with van der Waals surface area (Å²) in [6.45, 7) is 4.42. The summed E-state index contributed by atoms with van der Waals surface area (Å²) in [6, 6.07) is 12.8. The second kappa shape index (κ2) is 10.4. The number of hydrogen-bond donors (Lipinski definition) is 1. The lowest BCUT2D eigenvalue weighted by Gasteiger charge is -2.31. The molecule has 2 amide bonds. The quantitative estimate of drug-likeness (QED) is 0.632. The summed E-state index contributed by atoms with van der Waals surface area (Å²) in [7, 11) is -2.34. The molecule has 4 rings (SSSR count). The zero-order chi connectivity index (χ0) is 25.2. The molecule has 2 aromatic carbocycles. The first-order valence-corrected chi connectivity index (χ1v) is 13.5. The van der Waals surface area contributed by atoms with E-state index < -0.39 is 22.1 Å². The third-order valence-electron chi connectivity index (χ3n) is 6.96. The number of methoxy groups -OCH3 is 1. The number of aryl methyl sites for hydroxylation is 1. The van der Waals surface area contributed by atoms with Crippen LogP contribution in [-0.4, -0.2) is 61.7 Å². The van der Waals surface area contributed by atoms with Crippen LogP contribution < -0.4 is 10.1 Å². The van der Waals surface area contributed by atoms with Gasteiger partial charge in [0, 0.05) is 13.1 Å². The molecule has 2 aliphatic rings. The van der Waals surface area contributed by atoms with E-state index in [0.29, 0.717) is 43.5 Å². The summed E-state index contributed by atoms with van der Waals surface area (Å²) < 4.78 is 33.5. The number of likely N-dealkylation sites (tertiary alicyclic amines) is 1. The van der Waals surface area contributed by atoms with Crippen LogP contribution in [0.5, 0.6) is 5.75 Å². The van der Waals surface area contributed by atoms with E-state index in [1.54, 1.807) is 24.0 Å². The fraction of sp³-hybridized carbons (Fsp3) is 0.462. The molecule has 2 aliphatic heterocycles. The number of sulfonamides is 1. The molecule has 0 bridgehead atoms. The zero-order valence-electron chi connectivity index (χ0n) is 20.4. The van der Waals surface area contributed by atoms with Crippen LogP contribution in [-0.2, 0) is 19.6 Å². The van der Waals surface area contributed by atoms with Crippen molar-refractivity contribution in [2.75, 3.05) is 20.2 Å². The zero-order valence-corrected chi connectivity index (χ0v) is 21.3. The molecule has 0 spiro atoms. The summed E-state index contributed by atoms with van der Waals surface area (Å²) in [5, 5.41) is 3.02. The fourth-order valence-electron chi connectivity index (χ4n) is 5.05. The number of nitrogens with zero attached hydrogens (tertiary/aromatic N) is 2. The molecule has 2 aromatic rings. The van der Waals surface area contributed by atoms with Crippen LogP contribution in [0.15, 0.2) is 53.4 Å². The third kappa shape index (κ3) is 5.06. The Morgan fingerprint density at radius 1 is 1.03 bits per heavy atom. The first kappa shape index (κ1) is 25.2. The van der Waals surface area contributed by atoms with Crippen molar-refractivity contribution in [3.8, 4) is 5.75 Å². The molecule has 188 valence electrons. The molecule has 0 radical (unpaired) electrons. The Balaban J connectivity index is 1.50. The van der Waals surface area contributed by atoms with Gasteiger partial charge in [-0.2, -0.15) is 4.31 Å². The molecular formula is C26H33N3O5S. The molecule has 1 N–H and O–H groups in total. The van der Waals surface area contributed by atoms with Gasteiger partial charge in [0.15, 0.2) is 0 Å². The van der Waals surface area contributed by atoms with Crippen LogP contribution in [0.1, 0.15) is 49.8 Å². The lowest BCUT2D eigenvalue weighted by Crippen LogP contribution is -2.53. The number of carbonyl (C=O) groups is 2. The number of nitrogens with one attached hydrogen (secondary N) is 1. The van der Waals surface area contributed by atoms with E-state index in [9.17, 15) is 18.0 Å². The van der Waals surface area contributed by atoms with Crippen LogP contribution in [0.4, 0.5) is 0 Å². The van der Waals surface area contributed by atoms with Gasteiger partial charge in [-0.25, -0.2) is 8.42 Å². The highest BCUT2D eigenvalue weighted by molar-refractivity contribution is 7.89. The standard InChI is InChI=1S/C26H33N3O5S/c1-18-17-21(13-14-24(18)34-3)35(32,33)29-16-8-12-23(29)26(31)28-15-7-11-22(28)25(30)27-19(2)20-9-5-4-6-10-20/h4-6,9-10,13-14,17,19,22-23H,7-8,11-12,15-16H2,1-3H3,(H,27,30)/t19-,22+,23+/m1/s1. The fourth-order valence-corrected chi connectivity index (χ4v) is 6.79. The normalized spacial score (nSPS) is 21.6. The van der Waals surface area contributed by atoms with Crippen molar-refractivity contribution < 1.29 is 22.7 Å². The molecule has 35 heavy (non-hydrogen) atoms. The number of ether oxygens (including phenoxy) is 1. The van der Waals surface area contributed by atoms with Crippen LogP contribution in [0, 0.1) is 6.92 Å². The molecule has 8 nitrogen and oxygen atoms in total. The minimum atomic E-state index is -3.87. The molecular weight excluding hydrogens is 466 g/mol. The summed E-state index contributed by atoms with van der Waals surface area (Å²) in [5.74, 6) is 0.111. The maximum absolute atomic E-state index is 13.6. The van der Waals surface area contributed by atoms with Crippen molar-refractivity contribution in [2.45, 2.75) is 62.6 Å². The van der Waals surface area contributed by atoms with E-state index in [0.717, 1.165) is 5.56 Å². The van der Waals surface area contributed by atoms with Crippen molar-refractivity contribution in [1.82, 2.24) is 14.5 Å². The van der Waals surface area contributed by atoms with E-state index >= 15 is 0 Å². The van der Waals surface area contributed by atoms with E-state index in [1.807, 2.05) is 37.3 Å². The molecule has 0 saturated carbocycles. The van der Waals surface area contributed by atoms with E-state index in [1.165, 1.54) is 17.5 Å². The maximum Gasteiger partial charge on any atom is 0.243 e. The molecule has 2 heterocycles. The number of hydrogen-bond acceptors (Lipinski definition) is 5. The average Bonchev–Trinajstić information content (AvgIpc) is 3.54. The second-order valence-electron chi connectivity index (χ2n) is 9.24. The van der Waals surface area contributed by atoms with Gasteiger partial charge < -0.3 is 15.0 Å². The van der Waals surface area contributed by atoms with Crippen molar-refractivity contribution in [3.63, 3.8) is 0 Å². The van der Waals surface area contributed by atoms with Crippen LogP contribution in [0.25, 0.3) is 0 Å². The van der Waals surface area contributed by atoms with Gasteiger partial charge >= 0.3 is 0 Å². The predicted octanol–water partition coefficient (Wildman–Crippen LogP) is 3.03.